The van der Waals surface area contributed by atoms with Crippen LogP contribution in [-0.4, -0.2) is 45.9 Å². The lowest BCUT2D eigenvalue weighted by Gasteiger charge is -2.39. The molecule has 0 radical (unpaired) electrons. The molecule has 0 spiro atoms. The van der Waals surface area contributed by atoms with Gasteiger partial charge in [-0.1, -0.05) is 30.3 Å². The predicted molar refractivity (Wildman–Crippen MR) is 134 cm³/mol. The van der Waals surface area contributed by atoms with E-state index in [1.165, 1.54) is 12.1 Å². The van der Waals surface area contributed by atoms with Crippen molar-refractivity contribution >= 4 is 23.5 Å². The van der Waals surface area contributed by atoms with E-state index in [-0.39, 0.29) is 17.7 Å². The van der Waals surface area contributed by atoms with Crippen LogP contribution in [0.4, 0.5) is 18.9 Å². The maximum atomic E-state index is 13.6. The van der Waals surface area contributed by atoms with E-state index in [2.05, 4.69) is 10.3 Å². The molecule has 8 nitrogen and oxygen atoms in total. The molecule has 2 fully saturated rings. The summed E-state index contributed by atoms with van der Waals surface area (Å²) in [6.45, 7) is 1.06. The van der Waals surface area contributed by atoms with Gasteiger partial charge in [0, 0.05) is 24.3 Å². The lowest BCUT2D eigenvalue weighted by atomic mass is 9.72. The SMILES string of the molecule is O=C(Nc1ccc(C2CCN(C(=O)[C@@H]3CC[C@H]3C(=O)O)CC2)cc1)c1nc(-c2ccccc2)oc1C(F)(F)F. The molecular formula is C28H26F3N3O5. The van der Waals surface area contributed by atoms with Gasteiger partial charge in [0.05, 0.1) is 11.8 Å². The Hall–Kier alpha value is -4.15. The number of nitrogens with zero attached hydrogens (tertiary/aromatic N) is 2. The highest BCUT2D eigenvalue weighted by Gasteiger charge is 2.44. The molecule has 0 unspecified atom stereocenters. The molecule has 1 aliphatic heterocycles. The first-order valence-electron chi connectivity index (χ1n) is 12.7. The van der Waals surface area contributed by atoms with Crippen LogP contribution in [0.25, 0.3) is 11.5 Å². The number of hydrogen-bond acceptors (Lipinski definition) is 5. The summed E-state index contributed by atoms with van der Waals surface area (Å²) in [5.74, 6) is -4.68. The van der Waals surface area contributed by atoms with Gasteiger partial charge in [0.25, 0.3) is 5.91 Å². The average molecular weight is 542 g/mol. The molecule has 204 valence electrons. The Kier molecular flexibility index (Phi) is 7.16. The minimum atomic E-state index is -4.90. The lowest BCUT2D eigenvalue weighted by molar-refractivity contribution is -0.157. The van der Waals surface area contributed by atoms with Crippen molar-refractivity contribution in [3.8, 4) is 11.5 Å². The Labute approximate surface area is 221 Å². The lowest BCUT2D eigenvalue weighted by Crippen LogP contribution is -2.48. The number of carboxylic acid groups (broad SMARTS) is 1. The third-order valence-corrected chi connectivity index (χ3v) is 7.48. The number of benzene rings is 2. The number of rotatable bonds is 6. The molecule has 11 heteroatoms. The Morgan fingerprint density at radius 2 is 1.56 bits per heavy atom. The van der Waals surface area contributed by atoms with Crippen molar-refractivity contribution < 1.29 is 37.1 Å². The number of carbonyl (C=O) groups is 3. The van der Waals surface area contributed by atoms with Gasteiger partial charge in [-0.3, -0.25) is 14.4 Å². The molecule has 2 aromatic carbocycles. The molecule has 5 rings (SSSR count). The zero-order valence-electron chi connectivity index (χ0n) is 20.8. The van der Waals surface area contributed by atoms with Crippen molar-refractivity contribution in [2.45, 2.75) is 37.8 Å². The fraction of sp³-hybridized carbons (Fsp3) is 0.357. The summed E-state index contributed by atoms with van der Waals surface area (Å²) in [5.41, 5.74) is 0.752. The van der Waals surface area contributed by atoms with Crippen molar-refractivity contribution in [3.63, 3.8) is 0 Å². The number of aromatic nitrogens is 1. The van der Waals surface area contributed by atoms with E-state index in [0.717, 1.165) is 5.56 Å². The predicted octanol–water partition coefficient (Wildman–Crippen LogP) is 5.43. The molecule has 1 saturated carbocycles. The van der Waals surface area contributed by atoms with E-state index in [1.54, 1.807) is 47.4 Å². The largest absolute Gasteiger partial charge is 0.481 e. The van der Waals surface area contributed by atoms with Crippen LogP contribution in [0.5, 0.6) is 0 Å². The number of aliphatic carboxylic acids is 1. The van der Waals surface area contributed by atoms with E-state index < -0.39 is 41.3 Å². The number of alkyl halides is 3. The summed E-state index contributed by atoms with van der Waals surface area (Å²) >= 11 is 0. The quantitative estimate of drug-likeness (QED) is 0.430. The van der Waals surface area contributed by atoms with Crippen LogP contribution < -0.4 is 5.32 Å². The zero-order chi connectivity index (χ0) is 27.7. The van der Waals surface area contributed by atoms with Gasteiger partial charge in [0.15, 0.2) is 5.69 Å². The standard InChI is InChI=1S/C28H26F3N3O5/c29-28(30,31)23-22(33-25(39-23)18-4-2-1-3-5-18)24(35)32-19-8-6-16(7-9-19)17-12-14-34(15-13-17)26(36)20-10-11-21(20)27(37)38/h1-9,17,20-21H,10-15H2,(H,32,35)(H,37,38)/t20-,21-/m1/s1. The van der Waals surface area contributed by atoms with E-state index >= 15 is 0 Å². The summed E-state index contributed by atoms with van der Waals surface area (Å²) in [4.78, 5) is 42.3. The van der Waals surface area contributed by atoms with Crippen molar-refractivity contribution in [1.29, 1.82) is 0 Å². The van der Waals surface area contributed by atoms with Gasteiger partial charge in [-0.2, -0.15) is 13.2 Å². The first kappa shape index (κ1) is 26.5. The second-order valence-corrected chi connectivity index (χ2v) is 9.86. The van der Waals surface area contributed by atoms with Crippen molar-refractivity contribution in [2.75, 3.05) is 18.4 Å². The van der Waals surface area contributed by atoms with Crippen molar-refractivity contribution in [3.05, 3.63) is 71.6 Å². The van der Waals surface area contributed by atoms with Crippen LogP contribution in [-0.2, 0) is 15.8 Å². The number of nitrogens with one attached hydrogen (secondary N) is 1. The molecule has 2 N–H and O–H groups in total. The summed E-state index contributed by atoms with van der Waals surface area (Å²) < 4.78 is 45.6. The third kappa shape index (κ3) is 5.52. The molecule has 2 amide bonds. The summed E-state index contributed by atoms with van der Waals surface area (Å²) in [5, 5.41) is 11.7. The number of halogens is 3. The minimum absolute atomic E-state index is 0.0911. The van der Waals surface area contributed by atoms with E-state index in [0.29, 0.717) is 50.0 Å². The molecule has 1 aliphatic carbocycles. The number of amides is 2. The van der Waals surface area contributed by atoms with E-state index in [4.69, 9.17) is 4.42 Å². The third-order valence-electron chi connectivity index (χ3n) is 7.48. The topological polar surface area (TPSA) is 113 Å². The van der Waals surface area contributed by atoms with Crippen molar-refractivity contribution in [1.82, 2.24) is 9.88 Å². The summed E-state index contributed by atoms with van der Waals surface area (Å²) in [6.07, 6.45) is -2.35. The molecule has 0 bridgehead atoms. The Bertz CT molecular complexity index is 1360. The van der Waals surface area contributed by atoms with Crippen LogP contribution in [0.2, 0.25) is 0 Å². The van der Waals surface area contributed by atoms with Gasteiger partial charge < -0.3 is 19.7 Å². The highest BCUT2D eigenvalue weighted by molar-refractivity contribution is 6.04. The van der Waals surface area contributed by atoms with Crippen LogP contribution in [0, 0.1) is 11.8 Å². The van der Waals surface area contributed by atoms with Gasteiger partial charge in [-0.05, 0) is 61.4 Å². The van der Waals surface area contributed by atoms with Crippen molar-refractivity contribution in [2.24, 2.45) is 11.8 Å². The zero-order valence-corrected chi connectivity index (χ0v) is 20.8. The smallest absolute Gasteiger partial charge is 0.452 e. The van der Waals surface area contributed by atoms with Gasteiger partial charge in [0.2, 0.25) is 17.6 Å². The molecule has 39 heavy (non-hydrogen) atoms. The number of hydrogen-bond donors (Lipinski definition) is 2. The molecular weight excluding hydrogens is 515 g/mol. The maximum absolute atomic E-state index is 13.6. The van der Waals surface area contributed by atoms with Gasteiger partial charge in [-0.25, -0.2) is 4.98 Å². The molecule has 1 saturated heterocycles. The Morgan fingerprint density at radius 1 is 0.923 bits per heavy atom. The Balaban J connectivity index is 1.22. The molecule has 2 aliphatic rings. The Morgan fingerprint density at radius 3 is 2.13 bits per heavy atom. The summed E-state index contributed by atoms with van der Waals surface area (Å²) in [6, 6.07) is 14.8. The van der Waals surface area contributed by atoms with Crippen LogP contribution in [0.15, 0.2) is 59.0 Å². The molecule has 1 aromatic heterocycles. The molecule has 3 aromatic rings. The van der Waals surface area contributed by atoms with Gasteiger partial charge >= 0.3 is 12.1 Å². The monoisotopic (exact) mass is 541 g/mol. The second kappa shape index (κ2) is 10.5. The van der Waals surface area contributed by atoms with Crippen LogP contribution >= 0.6 is 0 Å². The molecule has 2 heterocycles. The van der Waals surface area contributed by atoms with Gasteiger partial charge in [0.1, 0.15) is 0 Å². The second-order valence-electron chi connectivity index (χ2n) is 9.86. The number of carboxylic acids is 1. The van der Waals surface area contributed by atoms with Gasteiger partial charge in [-0.15, -0.1) is 0 Å². The number of oxazole rings is 1. The maximum Gasteiger partial charge on any atom is 0.452 e. The minimum Gasteiger partial charge on any atom is -0.481 e. The van der Waals surface area contributed by atoms with E-state index in [1.807, 2.05) is 0 Å². The van der Waals surface area contributed by atoms with E-state index in [9.17, 15) is 32.7 Å². The first-order chi connectivity index (χ1) is 18.6. The first-order valence-corrected chi connectivity index (χ1v) is 12.7. The highest BCUT2D eigenvalue weighted by atomic mass is 19.4. The average Bonchev–Trinajstić information content (AvgIpc) is 3.36. The van der Waals surface area contributed by atoms with Crippen LogP contribution in [0.1, 0.15) is 53.4 Å². The fourth-order valence-corrected chi connectivity index (χ4v) is 5.16. The fourth-order valence-electron chi connectivity index (χ4n) is 5.16. The number of carbonyl (C=O) groups excluding carboxylic acids is 2. The summed E-state index contributed by atoms with van der Waals surface area (Å²) in [7, 11) is 0. The highest BCUT2D eigenvalue weighted by Crippen LogP contribution is 2.38. The normalized spacial score (nSPS) is 19.8. The molecule has 2 atom stereocenters. The number of anilines is 1. The number of piperidine rings is 1. The van der Waals surface area contributed by atoms with Crippen LogP contribution in [0.3, 0.4) is 0 Å². The number of likely N-dealkylation sites (tertiary alicyclic amines) is 1.